The van der Waals surface area contributed by atoms with Gasteiger partial charge in [-0.05, 0) is 64.2 Å². The molecular weight excluding hydrogens is 735 g/mol. The van der Waals surface area contributed by atoms with Crippen LogP contribution in [0.4, 0.5) is 0 Å². The molecule has 0 rings (SSSR count). The van der Waals surface area contributed by atoms with E-state index in [1.165, 1.54) is 64.2 Å². The molecule has 0 saturated heterocycles. The van der Waals surface area contributed by atoms with Gasteiger partial charge in [0.1, 0.15) is 12.7 Å². The molecule has 11 nitrogen and oxygen atoms in total. The normalized spacial score (nSPS) is 14.9. The second-order valence-corrected chi connectivity index (χ2v) is 16.0. The molecule has 0 radical (unpaired) electrons. The molecule has 12 heteroatoms. The smallest absolute Gasteiger partial charge is 0.462 e. The lowest BCUT2D eigenvalue weighted by Gasteiger charge is -2.20. The minimum absolute atomic E-state index is 0.163. The molecule has 4 N–H and O–H groups in total. The first-order valence-corrected chi connectivity index (χ1v) is 23.2. The molecule has 0 aromatic carbocycles. The van der Waals surface area contributed by atoms with E-state index in [-0.39, 0.29) is 19.4 Å². The van der Waals surface area contributed by atoms with E-state index in [2.05, 4.69) is 36.6 Å². The number of esters is 2. The zero-order valence-corrected chi connectivity index (χ0v) is 35.8. The van der Waals surface area contributed by atoms with E-state index in [1.54, 1.807) is 6.08 Å². The maximum absolute atomic E-state index is 12.6. The number of ether oxygens (including phenoxy) is 2. The van der Waals surface area contributed by atoms with E-state index >= 15 is 0 Å². The number of phosphoric acid groups is 1. The Morgan fingerprint density at radius 3 is 1.70 bits per heavy atom. The van der Waals surface area contributed by atoms with Crippen LogP contribution < -0.4 is 0 Å². The van der Waals surface area contributed by atoms with Gasteiger partial charge in [0.25, 0.3) is 0 Å². The van der Waals surface area contributed by atoms with Gasteiger partial charge in [0, 0.05) is 12.8 Å². The van der Waals surface area contributed by atoms with Crippen LogP contribution in [0.3, 0.4) is 0 Å². The van der Waals surface area contributed by atoms with E-state index in [1.807, 2.05) is 24.3 Å². The summed E-state index contributed by atoms with van der Waals surface area (Å²) in [5.74, 6) is -0.984. The zero-order chi connectivity index (χ0) is 41.4. The number of carbonyl (C=O) groups is 2. The molecule has 0 heterocycles. The molecule has 0 spiro atoms. The molecule has 0 aromatic heterocycles. The first kappa shape index (κ1) is 53.9. The van der Waals surface area contributed by atoms with Crippen LogP contribution in [0.2, 0.25) is 0 Å². The van der Waals surface area contributed by atoms with Crippen molar-refractivity contribution in [1.82, 2.24) is 0 Å². The number of allylic oxidation sites excluding steroid dienone is 6. The quantitative estimate of drug-likeness (QED) is 0.0153. The Bertz CT molecular complexity index is 1090. The molecule has 2 unspecified atom stereocenters. The van der Waals surface area contributed by atoms with Gasteiger partial charge < -0.3 is 29.7 Å². The number of carbonyl (C=O) groups excluding carboxylic acids is 2. The predicted molar refractivity (Wildman–Crippen MR) is 225 cm³/mol. The predicted octanol–water partition coefficient (Wildman–Crippen LogP) is 10.3. The van der Waals surface area contributed by atoms with Crippen molar-refractivity contribution in [3.8, 4) is 0 Å². The number of hydrogen-bond acceptors (Lipinski definition) is 10. The third-order valence-corrected chi connectivity index (χ3v) is 10.00. The van der Waals surface area contributed by atoms with Crippen molar-refractivity contribution in [2.24, 2.45) is 0 Å². The number of aliphatic hydroxyl groups excluding tert-OH is 3. The average molecular weight is 815 g/mol. The summed E-state index contributed by atoms with van der Waals surface area (Å²) in [5, 5.41) is 28.2. The molecular formula is C44H79O11P. The van der Waals surface area contributed by atoms with Gasteiger partial charge >= 0.3 is 19.8 Å². The Morgan fingerprint density at radius 2 is 1.12 bits per heavy atom. The minimum atomic E-state index is -4.64. The van der Waals surface area contributed by atoms with Gasteiger partial charge in [0.2, 0.25) is 0 Å². The number of rotatable bonds is 40. The molecule has 0 aliphatic carbocycles. The van der Waals surface area contributed by atoms with Crippen molar-refractivity contribution in [1.29, 1.82) is 0 Å². The van der Waals surface area contributed by atoms with Crippen LogP contribution in [0.15, 0.2) is 48.6 Å². The van der Waals surface area contributed by atoms with Gasteiger partial charge in [-0.1, -0.05) is 146 Å². The van der Waals surface area contributed by atoms with Gasteiger partial charge in [-0.2, -0.15) is 0 Å². The van der Waals surface area contributed by atoms with E-state index in [9.17, 15) is 29.3 Å². The van der Waals surface area contributed by atoms with Crippen molar-refractivity contribution in [2.75, 3.05) is 26.4 Å². The van der Waals surface area contributed by atoms with Crippen LogP contribution in [-0.4, -0.2) is 76.9 Å². The van der Waals surface area contributed by atoms with Gasteiger partial charge in [-0.25, -0.2) is 4.57 Å². The van der Waals surface area contributed by atoms with E-state index < -0.39 is 57.9 Å². The summed E-state index contributed by atoms with van der Waals surface area (Å²) < 4.78 is 32.7. The van der Waals surface area contributed by atoms with Crippen LogP contribution in [0.5, 0.6) is 0 Å². The summed E-state index contributed by atoms with van der Waals surface area (Å²) in [7, 11) is -4.64. The largest absolute Gasteiger partial charge is 0.472 e. The second kappa shape index (κ2) is 39.7. The maximum Gasteiger partial charge on any atom is 0.472 e. The van der Waals surface area contributed by atoms with Crippen molar-refractivity contribution < 1.29 is 52.9 Å². The molecule has 326 valence electrons. The first-order chi connectivity index (χ1) is 27.1. The number of unbranched alkanes of at least 4 members (excludes halogenated alkanes) is 18. The Labute approximate surface area is 339 Å². The summed E-state index contributed by atoms with van der Waals surface area (Å²) in [6.45, 7) is 2.12. The Balaban J connectivity index is 4.36. The molecule has 0 bridgehead atoms. The fraction of sp³-hybridized carbons (Fsp3) is 0.773. The Morgan fingerprint density at radius 1 is 0.607 bits per heavy atom. The Kier molecular flexibility index (Phi) is 38.2. The molecule has 0 saturated carbocycles. The molecule has 4 atom stereocenters. The fourth-order valence-corrected chi connectivity index (χ4v) is 6.46. The third-order valence-electron chi connectivity index (χ3n) is 9.05. The topological polar surface area (TPSA) is 169 Å². The highest BCUT2D eigenvalue weighted by atomic mass is 31.2. The zero-order valence-electron chi connectivity index (χ0n) is 35.0. The summed E-state index contributed by atoms with van der Waals surface area (Å²) in [6.07, 6.45) is 38.3. The van der Waals surface area contributed by atoms with E-state index in [4.69, 9.17) is 19.1 Å². The van der Waals surface area contributed by atoms with Crippen LogP contribution >= 0.6 is 7.82 Å². The van der Waals surface area contributed by atoms with E-state index in [0.29, 0.717) is 19.3 Å². The van der Waals surface area contributed by atoms with Crippen LogP contribution in [0.1, 0.15) is 174 Å². The highest BCUT2D eigenvalue weighted by molar-refractivity contribution is 7.47. The number of phosphoric ester groups is 1. The van der Waals surface area contributed by atoms with Gasteiger partial charge in [0.05, 0.1) is 25.9 Å². The summed E-state index contributed by atoms with van der Waals surface area (Å²) in [6, 6.07) is 0. The van der Waals surface area contributed by atoms with Crippen LogP contribution in [-0.2, 0) is 32.7 Å². The SMILES string of the molecule is CC/C=C/CC(O)/C=C/C=C/CCCCCCCC(=O)OC[C@H](COP(=O)(O)OC[C@@H](O)CO)OC(=O)CCCCCCCCC/C=C\CCCCCCCC. The summed E-state index contributed by atoms with van der Waals surface area (Å²) in [4.78, 5) is 35.0. The molecule has 56 heavy (non-hydrogen) atoms. The lowest BCUT2D eigenvalue weighted by atomic mass is 10.1. The average Bonchev–Trinajstić information content (AvgIpc) is 3.18. The van der Waals surface area contributed by atoms with E-state index in [0.717, 1.165) is 64.2 Å². The molecule has 0 fully saturated rings. The lowest BCUT2D eigenvalue weighted by Crippen LogP contribution is -2.29. The molecule has 0 aliphatic heterocycles. The second-order valence-electron chi connectivity index (χ2n) is 14.5. The fourth-order valence-electron chi connectivity index (χ4n) is 5.67. The van der Waals surface area contributed by atoms with Gasteiger partial charge in [-0.3, -0.25) is 18.6 Å². The minimum Gasteiger partial charge on any atom is -0.462 e. The summed E-state index contributed by atoms with van der Waals surface area (Å²) >= 11 is 0. The maximum atomic E-state index is 12.6. The van der Waals surface area contributed by atoms with Gasteiger partial charge in [0.15, 0.2) is 6.10 Å². The number of aliphatic hydroxyl groups is 3. The standard InChI is InChI=1S/C44H79O11P/c1-3-5-7-8-9-10-11-12-13-14-15-16-17-20-24-27-31-35-44(49)55-42(39-54-56(50,51)53-37-41(47)36-45)38-52-43(48)34-30-26-23-21-18-19-22-25-29-33-40(46)32-28-6-4-2/h6,12-13,22,25,28-29,33,40-42,45-47H,3-5,7-11,14-21,23-24,26-27,30-32,34-39H2,1-2H3,(H,50,51)/b13-12-,25-22+,28-6+,33-29+/t40?,41-,42+/m0/s1. The third kappa shape index (κ3) is 38.7. The molecule has 0 amide bonds. The van der Waals surface area contributed by atoms with Crippen LogP contribution in [0.25, 0.3) is 0 Å². The lowest BCUT2D eigenvalue weighted by molar-refractivity contribution is -0.161. The van der Waals surface area contributed by atoms with Crippen LogP contribution in [0, 0.1) is 0 Å². The van der Waals surface area contributed by atoms with Crippen molar-refractivity contribution in [2.45, 2.75) is 193 Å². The first-order valence-electron chi connectivity index (χ1n) is 21.7. The highest BCUT2D eigenvalue weighted by Gasteiger charge is 2.27. The summed E-state index contributed by atoms with van der Waals surface area (Å²) in [5.41, 5.74) is 0. The van der Waals surface area contributed by atoms with Crippen molar-refractivity contribution in [3.63, 3.8) is 0 Å². The monoisotopic (exact) mass is 815 g/mol. The highest BCUT2D eigenvalue weighted by Crippen LogP contribution is 2.43. The molecule has 0 aromatic rings. The van der Waals surface area contributed by atoms with Gasteiger partial charge in [-0.15, -0.1) is 0 Å². The molecule has 0 aliphatic rings. The van der Waals surface area contributed by atoms with Crippen molar-refractivity contribution >= 4 is 19.8 Å². The van der Waals surface area contributed by atoms with Crippen molar-refractivity contribution in [3.05, 3.63) is 48.6 Å². The Hall–Kier alpha value is -2.11. The number of hydrogen-bond donors (Lipinski definition) is 4.